The van der Waals surface area contributed by atoms with Crippen molar-refractivity contribution in [1.82, 2.24) is 9.47 Å². The molecule has 5 rings (SSSR count). The highest BCUT2D eigenvalue weighted by atomic mass is 16.2. The van der Waals surface area contributed by atoms with Crippen LogP contribution in [-0.4, -0.2) is 28.5 Å². The molecular weight excluding hydrogens is 368 g/mol. The number of rotatable bonds is 4. The van der Waals surface area contributed by atoms with Crippen molar-refractivity contribution in [1.29, 1.82) is 0 Å². The van der Waals surface area contributed by atoms with Crippen molar-refractivity contribution in [2.24, 2.45) is 11.8 Å². The van der Waals surface area contributed by atoms with Crippen LogP contribution >= 0.6 is 0 Å². The van der Waals surface area contributed by atoms with Crippen molar-refractivity contribution in [3.63, 3.8) is 0 Å². The Balaban J connectivity index is 1.29. The second-order valence-corrected chi connectivity index (χ2v) is 10.2. The van der Waals surface area contributed by atoms with E-state index in [0.717, 1.165) is 44.7 Å². The minimum absolute atomic E-state index is 0.313. The topological polar surface area (TPSA) is 25.2 Å². The van der Waals surface area contributed by atoms with Gasteiger partial charge in [0.15, 0.2) is 0 Å². The fourth-order valence-corrected chi connectivity index (χ4v) is 6.42. The molecule has 3 heteroatoms. The number of benzene rings is 1. The zero-order valence-electron chi connectivity index (χ0n) is 18.5. The Morgan fingerprint density at radius 2 is 1.50 bits per heavy atom. The molecule has 2 heterocycles. The lowest BCUT2D eigenvalue weighted by Gasteiger charge is -2.35. The summed E-state index contributed by atoms with van der Waals surface area (Å²) < 4.78 is 2.56. The van der Waals surface area contributed by atoms with Gasteiger partial charge in [-0.2, -0.15) is 0 Å². The number of carbonyl (C=O) groups excluding carboxylic acids is 1. The van der Waals surface area contributed by atoms with Gasteiger partial charge in [-0.1, -0.05) is 56.7 Å². The quantitative estimate of drug-likeness (QED) is 0.568. The first-order chi connectivity index (χ1) is 14.8. The van der Waals surface area contributed by atoms with Crippen molar-refractivity contribution in [2.45, 2.75) is 89.5 Å². The highest BCUT2D eigenvalue weighted by molar-refractivity contribution is 5.84. The molecular formula is C27H38N2O. The summed E-state index contributed by atoms with van der Waals surface area (Å²) in [5, 5.41) is 1.45. The van der Waals surface area contributed by atoms with Crippen LogP contribution in [0, 0.1) is 11.8 Å². The van der Waals surface area contributed by atoms with E-state index in [1.54, 1.807) is 0 Å². The SMILES string of the molecule is O=C(C1CCCCC1)N1CCC(c2cn(CC3CCCCC3)c3ccccc23)CC1. The van der Waals surface area contributed by atoms with Gasteiger partial charge < -0.3 is 9.47 Å². The minimum atomic E-state index is 0.313. The van der Waals surface area contributed by atoms with Crippen LogP contribution in [0.3, 0.4) is 0 Å². The summed E-state index contributed by atoms with van der Waals surface area (Å²) in [4.78, 5) is 15.1. The largest absolute Gasteiger partial charge is 0.347 e. The summed E-state index contributed by atoms with van der Waals surface area (Å²) in [5.74, 6) is 2.20. The maximum Gasteiger partial charge on any atom is 0.225 e. The second kappa shape index (κ2) is 9.16. The first-order valence-electron chi connectivity index (χ1n) is 12.7. The molecule has 2 aromatic rings. The highest BCUT2D eigenvalue weighted by Crippen LogP contribution is 2.36. The molecule has 162 valence electrons. The second-order valence-electron chi connectivity index (χ2n) is 10.2. The summed E-state index contributed by atoms with van der Waals surface area (Å²) >= 11 is 0. The van der Waals surface area contributed by atoms with Gasteiger partial charge >= 0.3 is 0 Å². The number of fused-ring (bicyclic) bond motifs is 1. The van der Waals surface area contributed by atoms with E-state index in [-0.39, 0.29) is 0 Å². The normalized spacial score (nSPS) is 22.6. The molecule has 0 bridgehead atoms. The van der Waals surface area contributed by atoms with Gasteiger partial charge in [0, 0.05) is 42.7 Å². The molecule has 0 unspecified atom stereocenters. The number of piperidine rings is 1. The maximum absolute atomic E-state index is 13.0. The molecule has 0 radical (unpaired) electrons. The lowest BCUT2D eigenvalue weighted by Crippen LogP contribution is -2.41. The number of nitrogens with zero attached hydrogens (tertiary/aromatic N) is 2. The van der Waals surface area contributed by atoms with Gasteiger partial charge in [0.05, 0.1) is 0 Å². The predicted molar refractivity (Wildman–Crippen MR) is 124 cm³/mol. The van der Waals surface area contributed by atoms with E-state index in [1.807, 2.05) is 0 Å². The van der Waals surface area contributed by atoms with Crippen molar-refractivity contribution in [3.8, 4) is 0 Å². The summed E-state index contributed by atoms with van der Waals surface area (Å²) in [6, 6.07) is 9.01. The molecule has 3 fully saturated rings. The molecule has 0 spiro atoms. The van der Waals surface area contributed by atoms with E-state index in [2.05, 4.69) is 39.9 Å². The van der Waals surface area contributed by atoms with Crippen LogP contribution in [0.15, 0.2) is 30.5 Å². The zero-order chi connectivity index (χ0) is 20.3. The monoisotopic (exact) mass is 406 g/mol. The smallest absolute Gasteiger partial charge is 0.225 e. The van der Waals surface area contributed by atoms with Crippen molar-refractivity contribution in [3.05, 3.63) is 36.0 Å². The van der Waals surface area contributed by atoms with Crippen molar-refractivity contribution in [2.75, 3.05) is 13.1 Å². The number of likely N-dealkylation sites (tertiary alicyclic amines) is 1. The molecule has 2 saturated carbocycles. The number of hydrogen-bond donors (Lipinski definition) is 0. The van der Waals surface area contributed by atoms with Crippen molar-refractivity contribution < 1.29 is 4.79 Å². The van der Waals surface area contributed by atoms with Gasteiger partial charge in [0.1, 0.15) is 0 Å². The fourth-order valence-electron chi connectivity index (χ4n) is 6.42. The number of amides is 1. The zero-order valence-corrected chi connectivity index (χ0v) is 18.5. The Morgan fingerprint density at radius 3 is 2.23 bits per heavy atom. The molecule has 3 aliphatic rings. The average molecular weight is 407 g/mol. The summed E-state index contributed by atoms with van der Waals surface area (Å²) in [6.07, 6.45) is 17.8. The average Bonchev–Trinajstić information content (AvgIpc) is 3.18. The Kier molecular flexibility index (Phi) is 6.15. The number of carbonyl (C=O) groups is 1. The van der Waals surface area contributed by atoms with Gasteiger partial charge in [0.25, 0.3) is 0 Å². The molecule has 1 amide bonds. The van der Waals surface area contributed by atoms with Gasteiger partial charge in [-0.15, -0.1) is 0 Å². The van der Waals surface area contributed by atoms with E-state index in [1.165, 1.54) is 74.4 Å². The predicted octanol–water partition coefficient (Wildman–Crippen LogP) is 6.51. The Labute approximate surface area is 181 Å². The molecule has 1 aliphatic heterocycles. The third-order valence-corrected chi connectivity index (χ3v) is 8.20. The van der Waals surface area contributed by atoms with Gasteiger partial charge in [-0.05, 0) is 62.0 Å². The molecule has 1 saturated heterocycles. The Hall–Kier alpha value is -1.77. The van der Waals surface area contributed by atoms with Gasteiger partial charge in [-0.3, -0.25) is 4.79 Å². The lowest BCUT2D eigenvalue weighted by atomic mass is 9.86. The molecule has 1 aromatic heterocycles. The molecule has 3 nitrogen and oxygen atoms in total. The third-order valence-electron chi connectivity index (χ3n) is 8.20. The fraction of sp³-hybridized carbons (Fsp3) is 0.667. The summed E-state index contributed by atoms with van der Waals surface area (Å²) in [7, 11) is 0. The first-order valence-corrected chi connectivity index (χ1v) is 12.7. The minimum Gasteiger partial charge on any atom is -0.347 e. The van der Waals surface area contributed by atoms with Crippen LogP contribution in [-0.2, 0) is 11.3 Å². The van der Waals surface area contributed by atoms with Gasteiger partial charge in [0.2, 0.25) is 5.91 Å². The van der Waals surface area contributed by atoms with Crippen LogP contribution in [0.4, 0.5) is 0 Å². The van der Waals surface area contributed by atoms with E-state index >= 15 is 0 Å². The first kappa shape index (κ1) is 20.2. The molecule has 2 aliphatic carbocycles. The van der Waals surface area contributed by atoms with Crippen LogP contribution in [0.1, 0.15) is 88.5 Å². The molecule has 0 atom stereocenters. The number of para-hydroxylation sites is 1. The molecule has 30 heavy (non-hydrogen) atoms. The highest BCUT2D eigenvalue weighted by Gasteiger charge is 2.30. The summed E-state index contributed by atoms with van der Waals surface area (Å²) in [5.41, 5.74) is 2.95. The Morgan fingerprint density at radius 1 is 0.833 bits per heavy atom. The summed E-state index contributed by atoms with van der Waals surface area (Å²) in [6.45, 7) is 3.07. The maximum atomic E-state index is 13.0. The lowest BCUT2D eigenvalue weighted by molar-refractivity contribution is -0.137. The van der Waals surface area contributed by atoms with E-state index in [0.29, 0.717) is 17.7 Å². The number of hydrogen-bond acceptors (Lipinski definition) is 1. The van der Waals surface area contributed by atoms with Crippen LogP contribution in [0.2, 0.25) is 0 Å². The van der Waals surface area contributed by atoms with E-state index < -0.39 is 0 Å². The van der Waals surface area contributed by atoms with Gasteiger partial charge in [-0.25, -0.2) is 0 Å². The van der Waals surface area contributed by atoms with Crippen molar-refractivity contribution >= 4 is 16.8 Å². The third kappa shape index (κ3) is 4.18. The Bertz CT molecular complexity index is 849. The molecule has 1 aromatic carbocycles. The number of aromatic nitrogens is 1. The molecule has 0 N–H and O–H groups in total. The van der Waals surface area contributed by atoms with Crippen LogP contribution in [0.25, 0.3) is 10.9 Å². The van der Waals surface area contributed by atoms with Crippen LogP contribution < -0.4 is 0 Å². The van der Waals surface area contributed by atoms with Crippen LogP contribution in [0.5, 0.6) is 0 Å². The standard InChI is InChI=1S/C27H38N2O/c30-27(23-11-5-2-6-12-23)28-17-15-22(16-18-28)25-20-29(19-21-9-3-1-4-10-21)26-14-8-7-13-24(25)26/h7-8,13-14,20-23H,1-6,9-12,15-19H2. The van der Waals surface area contributed by atoms with E-state index in [4.69, 9.17) is 0 Å². The van der Waals surface area contributed by atoms with E-state index in [9.17, 15) is 4.79 Å².